The lowest BCUT2D eigenvalue weighted by molar-refractivity contribution is -0.154. The first-order valence-corrected chi connectivity index (χ1v) is 4.90. The van der Waals surface area contributed by atoms with E-state index in [0.717, 1.165) is 0 Å². The molecule has 2 heterocycles. The number of amides is 1. The van der Waals surface area contributed by atoms with Crippen LogP contribution in [0, 0.1) is 0 Å². The molecule has 0 bridgehead atoms. The molecule has 6 heteroatoms. The van der Waals surface area contributed by atoms with Gasteiger partial charge in [0.25, 0.3) is 0 Å². The van der Waals surface area contributed by atoms with E-state index in [1.807, 2.05) is 13.8 Å². The van der Waals surface area contributed by atoms with Crippen LogP contribution in [-0.2, 0) is 14.2 Å². The Labute approximate surface area is 87.7 Å². The summed E-state index contributed by atoms with van der Waals surface area (Å²) in [7, 11) is 0. The van der Waals surface area contributed by atoms with Crippen LogP contribution in [0.25, 0.3) is 0 Å². The van der Waals surface area contributed by atoms with Gasteiger partial charge in [-0.15, -0.1) is 0 Å². The number of hydrogen-bond acceptors (Lipinski definition) is 5. The van der Waals surface area contributed by atoms with Crippen LogP contribution in [0.2, 0.25) is 0 Å². The molecule has 0 aromatic carbocycles. The molecule has 2 fully saturated rings. The van der Waals surface area contributed by atoms with E-state index in [4.69, 9.17) is 14.6 Å². The first kappa shape index (κ1) is 10.7. The van der Waals surface area contributed by atoms with E-state index in [0.29, 0.717) is 13.1 Å². The zero-order valence-electron chi connectivity index (χ0n) is 8.80. The molecule has 2 saturated heterocycles. The fraction of sp³-hybridized carbons (Fsp3) is 0.889. The predicted octanol–water partition coefficient (Wildman–Crippen LogP) is -0.0915. The molecule has 1 amide bonds. The number of carbonyl (C=O) groups excluding carboxylic acids is 1. The van der Waals surface area contributed by atoms with Crippen molar-refractivity contribution in [3.05, 3.63) is 0 Å². The average Bonchev–Trinajstić information content (AvgIpc) is 2.57. The summed E-state index contributed by atoms with van der Waals surface area (Å²) in [5.74, 6) is -0.567. The van der Waals surface area contributed by atoms with Gasteiger partial charge in [0.1, 0.15) is 12.2 Å². The number of aliphatic hydroxyl groups is 1. The van der Waals surface area contributed by atoms with Crippen LogP contribution in [0.1, 0.15) is 13.8 Å². The molecule has 0 radical (unpaired) electrons. The molecule has 86 valence electrons. The van der Waals surface area contributed by atoms with Gasteiger partial charge in [-0.1, -0.05) is 0 Å². The second-order valence-corrected chi connectivity index (χ2v) is 4.16. The smallest absolute Gasteiger partial charge is 0.412 e. The Morgan fingerprint density at radius 3 is 2.47 bits per heavy atom. The number of rotatable bonds is 1. The normalized spacial score (nSPS) is 32.9. The van der Waals surface area contributed by atoms with Crippen molar-refractivity contribution in [2.75, 3.05) is 19.9 Å². The lowest BCUT2D eigenvalue weighted by atomic mass is 10.3. The molecule has 1 N–H and O–H groups in total. The molecule has 0 saturated carbocycles. The molecule has 15 heavy (non-hydrogen) atoms. The Kier molecular flexibility index (Phi) is 2.57. The van der Waals surface area contributed by atoms with E-state index in [9.17, 15) is 4.79 Å². The van der Waals surface area contributed by atoms with Crippen molar-refractivity contribution in [3.8, 4) is 0 Å². The molecule has 0 spiro atoms. The maximum atomic E-state index is 11.3. The monoisotopic (exact) mass is 217 g/mol. The van der Waals surface area contributed by atoms with Gasteiger partial charge in [0.15, 0.2) is 12.6 Å². The van der Waals surface area contributed by atoms with Crippen molar-refractivity contribution >= 4 is 6.09 Å². The Hall–Kier alpha value is -0.850. The molecule has 0 aliphatic carbocycles. The quantitative estimate of drug-likeness (QED) is 0.622. The largest absolute Gasteiger partial charge is 0.422 e. The molecule has 2 rings (SSSR count). The summed E-state index contributed by atoms with van der Waals surface area (Å²) in [4.78, 5) is 12.7. The van der Waals surface area contributed by atoms with E-state index in [2.05, 4.69) is 4.74 Å². The average molecular weight is 217 g/mol. The minimum atomic E-state index is -0.599. The van der Waals surface area contributed by atoms with Gasteiger partial charge in [0.05, 0.1) is 13.1 Å². The van der Waals surface area contributed by atoms with Gasteiger partial charge in [0, 0.05) is 0 Å². The maximum Gasteiger partial charge on any atom is 0.412 e. The van der Waals surface area contributed by atoms with E-state index in [-0.39, 0.29) is 12.2 Å². The molecule has 2 unspecified atom stereocenters. The summed E-state index contributed by atoms with van der Waals surface area (Å²) in [5.41, 5.74) is 0. The molecule has 2 atom stereocenters. The third-order valence-electron chi connectivity index (χ3n) is 2.53. The van der Waals surface area contributed by atoms with Gasteiger partial charge in [-0.3, -0.25) is 0 Å². The molecule has 6 nitrogen and oxygen atoms in total. The molecule has 2 aliphatic heterocycles. The van der Waals surface area contributed by atoms with Gasteiger partial charge >= 0.3 is 6.09 Å². The van der Waals surface area contributed by atoms with Crippen LogP contribution in [0.15, 0.2) is 0 Å². The van der Waals surface area contributed by atoms with Gasteiger partial charge in [-0.25, -0.2) is 4.79 Å². The highest BCUT2D eigenvalue weighted by atomic mass is 16.8. The Morgan fingerprint density at radius 2 is 2.00 bits per heavy atom. The van der Waals surface area contributed by atoms with E-state index < -0.39 is 18.7 Å². The number of fused-ring (bicyclic) bond motifs is 1. The fourth-order valence-electron chi connectivity index (χ4n) is 2.02. The Morgan fingerprint density at radius 1 is 1.47 bits per heavy atom. The topological polar surface area (TPSA) is 68.2 Å². The molecule has 0 aromatic heterocycles. The summed E-state index contributed by atoms with van der Waals surface area (Å²) in [5, 5.41) is 8.45. The summed E-state index contributed by atoms with van der Waals surface area (Å²) in [6.07, 6.45) is -0.714. The van der Waals surface area contributed by atoms with Crippen molar-refractivity contribution in [1.82, 2.24) is 4.90 Å². The third kappa shape index (κ3) is 2.06. The molecule has 0 aromatic rings. The maximum absolute atomic E-state index is 11.3. The summed E-state index contributed by atoms with van der Waals surface area (Å²) >= 11 is 0. The third-order valence-corrected chi connectivity index (χ3v) is 2.53. The predicted molar refractivity (Wildman–Crippen MR) is 49.0 cm³/mol. The number of nitrogens with zero attached hydrogens (tertiary/aromatic N) is 1. The van der Waals surface area contributed by atoms with Crippen LogP contribution >= 0.6 is 0 Å². The number of hydrogen-bond donors (Lipinski definition) is 1. The highest BCUT2D eigenvalue weighted by molar-refractivity contribution is 5.68. The standard InChI is InChI=1S/C9H15NO5/c1-9(2)14-6-3-10(4-7(6)15-9)8(12)13-5-11/h6-7,11H,3-5H2,1-2H3. The number of carbonyl (C=O) groups is 1. The second kappa shape index (κ2) is 3.62. The van der Waals surface area contributed by atoms with Gasteiger partial charge in [-0.2, -0.15) is 0 Å². The van der Waals surface area contributed by atoms with Crippen molar-refractivity contribution in [3.63, 3.8) is 0 Å². The van der Waals surface area contributed by atoms with Crippen molar-refractivity contribution in [2.45, 2.75) is 31.8 Å². The zero-order valence-corrected chi connectivity index (χ0v) is 8.80. The fourth-order valence-corrected chi connectivity index (χ4v) is 2.02. The number of ether oxygens (including phenoxy) is 3. The van der Waals surface area contributed by atoms with Crippen LogP contribution in [0.4, 0.5) is 4.79 Å². The SMILES string of the molecule is CC1(C)OC2CN(C(=O)OCO)CC2O1. The Bertz CT molecular complexity index is 251. The molecular weight excluding hydrogens is 202 g/mol. The van der Waals surface area contributed by atoms with Gasteiger partial charge in [-0.05, 0) is 13.8 Å². The van der Waals surface area contributed by atoms with Gasteiger partial charge in [0.2, 0.25) is 0 Å². The first-order chi connectivity index (χ1) is 7.02. The minimum absolute atomic E-state index is 0.0914. The Balaban J connectivity index is 1.91. The van der Waals surface area contributed by atoms with E-state index >= 15 is 0 Å². The highest BCUT2D eigenvalue weighted by Crippen LogP contribution is 2.32. The van der Waals surface area contributed by atoms with E-state index in [1.54, 1.807) is 0 Å². The van der Waals surface area contributed by atoms with Crippen molar-refractivity contribution in [2.24, 2.45) is 0 Å². The second-order valence-electron chi connectivity index (χ2n) is 4.16. The van der Waals surface area contributed by atoms with Crippen molar-refractivity contribution < 1.29 is 24.1 Å². The number of aliphatic hydroxyl groups excluding tert-OH is 1. The van der Waals surface area contributed by atoms with Crippen LogP contribution in [0.5, 0.6) is 0 Å². The van der Waals surface area contributed by atoms with Crippen LogP contribution in [-0.4, -0.2) is 54.0 Å². The zero-order chi connectivity index (χ0) is 11.1. The molecular formula is C9H15NO5. The summed E-state index contributed by atoms with van der Waals surface area (Å²) in [6, 6.07) is 0. The van der Waals surface area contributed by atoms with Crippen molar-refractivity contribution in [1.29, 1.82) is 0 Å². The highest BCUT2D eigenvalue weighted by Gasteiger charge is 2.48. The lowest BCUT2D eigenvalue weighted by Gasteiger charge is -2.22. The van der Waals surface area contributed by atoms with Gasteiger partial charge < -0.3 is 24.2 Å². The number of likely N-dealkylation sites (tertiary alicyclic amines) is 1. The van der Waals surface area contributed by atoms with E-state index in [1.165, 1.54) is 4.90 Å². The molecule has 2 aliphatic rings. The summed E-state index contributed by atoms with van der Waals surface area (Å²) < 4.78 is 15.7. The van der Waals surface area contributed by atoms with Crippen LogP contribution < -0.4 is 0 Å². The van der Waals surface area contributed by atoms with Crippen LogP contribution in [0.3, 0.4) is 0 Å². The lowest BCUT2D eigenvalue weighted by Crippen LogP contribution is -2.34. The first-order valence-electron chi connectivity index (χ1n) is 4.90. The minimum Gasteiger partial charge on any atom is -0.422 e. The summed E-state index contributed by atoms with van der Waals surface area (Å²) in [6.45, 7) is 4.00.